The summed E-state index contributed by atoms with van der Waals surface area (Å²) in [5, 5.41) is 8.06. The van der Waals surface area contributed by atoms with Gasteiger partial charge < -0.3 is 19.6 Å². The van der Waals surface area contributed by atoms with Gasteiger partial charge >= 0.3 is 0 Å². The molecule has 0 spiro atoms. The minimum atomic E-state index is -0.356. The molecule has 32 heavy (non-hydrogen) atoms. The summed E-state index contributed by atoms with van der Waals surface area (Å²) in [5.41, 5.74) is 2.16. The zero-order valence-corrected chi connectivity index (χ0v) is 19.2. The van der Waals surface area contributed by atoms with Crippen LogP contribution in [0.3, 0.4) is 0 Å². The average Bonchev–Trinajstić information content (AvgIpc) is 2.78. The molecule has 0 aromatic heterocycles. The van der Waals surface area contributed by atoms with Gasteiger partial charge in [-0.1, -0.05) is 52.1 Å². The molecule has 0 bridgehead atoms. The molecule has 6 nitrogen and oxygen atoms in total. The normalized spacial score (nSPS) is 10.8. The summed E-state index contributed by atoms with van der Waals surface area (Å²) in [6.07, 6.45) is 1.42. The van der Waals surface area contributed by atoms with E-state index in [1.165, 1.54) is 13.3 Å². The molecule has 0 atom stereocenters. The number of nitrogens with zero attached hydrogens (tertiary/aromatic N) is 1. The van der Waals surface area contributed by atoms with Crippen LogP contribution in [0.1, 0.15) is 11.1 Å². The molecule has 0 aliphatic heterocycles. The number of amides is 1. The molecular weight excluding hydrogens is 475 g/mol. The number of hydrogen-bond acceptors (Lipinski definition) is 5. The van der Waals surface area contributed by atoms with Crippen LogP contribution in [0.25, 0.3) is 0 Å². The highest BCUT2D eigenvalue weighted by molar-refractivity contribution is 6.32. The predicted octanol–water partition coefficient (Wildman–Crippen LogP) is 6.22. The first kappa shape index (κ1) is 23.7. The molecule has 166 valence electrons. The fourth-order valence-electron chi connectivity index (χ4n) is 2.61. The zero-order valence-electron chi connectivity index (χ0n) is 17.0. The van der Waals surface area contributed by atoms with Crippen LogP contribution in [0.4, 0.5) is 5.69 Å². The van der Waals surface area contributed by atoms with Gasteiger partial charge in [-0.2, -0.15) is 0 Å². The molecule has 0 aliphatic carbocycles. The Morgan fingerprint density at radius 2 is 1.66 bits per heavy atom. The highest BCUT2D eigenvalue weighted by Gasteiger charge is 2.12. The maximum absolute atomic E-state index is 11.9. The summed E-state index contributed by atoms with van der Waals surface area (Å²) in [6, 6.07) is 17.4. The second-order valence-corrected chi connectivity index (χ2v) is 7.79. The van der Waals surface area contributed by atoms with Crippen molar-refractivity contribution in [3.63, 3.8) is 0 Å². The van der Waals surface area contributed by atoms with Crippen molar-refractivity contribution in [1.29, 1.82) is 0 Å². The van der Waals surface area contributed by atoms with Gasteiger partial charge in [-0.3, -0.25) is 4.79 Å². The van der Waals surface area contributed by atoms with Crippen LogP contribution in [-0.2, 0) is 16.2 Å². The number of anilines is 1. The van der Waals surface area contributed by atoms with Crippen LogP contribution in [0.2, 0.25) is 15.1 Å². The Bertz CT molecular complexity index is 1090. The van der Waals surface area contributed by atoms with Crippen LogP contribution in [0.5, 0.6) is 11.5 Å². The van der Waals surface area contributed by atoms with Crippen molar-refractivity contribution in [2.45, 2.75) is 6.61 Å². The largest absolute Gasteiger partial charge is 0.493 e. The van der Waals surface area contributed by atoms with Crippen LogP contribution < -0.4 is 14.8 Å². The number of nitrogens with one attached hydrogen (secondary N) is 1. The van der Waals surface area contributed by atoms with E-state index in [0.717, 1.165) is 5.56 Å². The smallest absolute Gasteiger partial charge is 0.265 e. The van der Waals surface area contributed by atoms with E-state index < -0.39 is 0 Å². The van der Waals surface area contributed by atoms with E-state index in [1.54, 1.807) is 48.5 Å². The van der Waals surface area contributed by atoms with Crippen molar-refractivity contribution >= 4 is 52.6 Å². The molecule has 0 saturated heterocycles. The molecule has 9 heteroatoms. The van der Waals surface area contributed by atoms with Crippen molar-refractivity contribution < 1.29 is 19.1 Å². The van der Waals surface area contributed by atoms with Crippen molar-refractivity contribution in [1.82, 2.24) is 0 Å². The summed E-state index contributed by atoms with van der Waals surface area (Å²) in [7, 11) is 1.51. The number of carbonyl (C=O) groups is 1. The molecule has 0 radical (unpaired) electrons. The number of hydrogen-bond donors (Lipinski definition) is 1. The molecule has 3 aromatic rings. The Morgan fingerprint density at radius 3 is 2.31 bits per heavy atom. The van der Waals surface area contributed by atoms with Crippen LogP contribution in [-0.4, -0.2) is 25.8 Å². The van der Waals surface area contributed by atoms with E-state index in [9.17, 15) is 4.79 Å². The summed E-state index contributed by atoms with van der Waals surface area (Å²) in [5.74, 6) is 0.490. The zero-order chi connectivity index (χ0) is 22.9. The van der Waals surface area contributed by atoms with Gasteiger partial charge in [0.15, 0.2) is 18.1 Å². The lowest BCUT2D eigenvalue weighted by Crippen LogP contribution is -2.16. The molecule has 1 N–H and O–H groups in total. The highest BCUT2D eigenvalue weighted by atomic mass is 35.5. The van der Waals surface area contributed by atoms with Crippen molar-refractivity contribution in [2.24, 2.45) is 5.16 Å². The van der Waals surface area contributed by atoms with Crippen molar-refractivity contribution in [2.75, 3.05) is 19.0 Å². The van der Waals surface area contributed by atoms with E-state index in [1.807, 2.05) is 12.1 Å². The first-order chi connectivity index (χ1) is 15.4. The van der Waals surface area contributed by atoms with Gasteiger partial charge in [0.1, 0.15) is 6.61 Å². The van der Waals surface area contributed by atoms with Gasteiger partial charge in [0.25, 0.3) is 5.91 Å². The Labute approximate surface area is 200 Å². The fraction of sp³-hybridized carbons (Fsp3) is 0.130. The Morgan fingerprint density at radius 1 is 1.00 bits per heavy atom. The second-order valence-electron chi connectivity index (χ2n) is 6.51. The summed E-state index contributed by atoms with van der Waals surface area (Å²) in [4.78, 5) is 17.0. The summed E-state index contributed by atoms with van der Waals surface area (Å²) < 4.78 is 11.2. The second kappa shape index (κ2) is 11.6. The number of halogens is 3. The van der Waals surface area contributed by atoms with Crippen LogP contribution in [0.15, 0.2) is 65.8 Å². The van der Waals surface area contributed by atoms with Crippen LogP contribution >= 0.6 is 34.8 Å². The minimum absolute atomic E-state index is 0.258. The lowest BCUT2D eigenvalue weighted by Gasteiger charge is -2.13. The van der Waals surface area contributed by atoms with Gasteiger partial charge in [-0.05, 0) is 54.1 Å². The van der Waals surface area contributed by atoms with E-state index in [0.29, 0.717) is 44.4 Å². The molecular formula is C23H19Cl3N2O4. The molecule has 3 aromatic carbocycles. The van der Waals surface area contributed by atoms with Gasteiger partial charge in [-0.25, -0.2) is 0 Å². The molecule has 0 aliphatic rings. The Hall–Kier alpha value is -2.93. The first-order valence-electron chi connectivity index (χ1n) is 9.40. The van der Waals surface area contributed by atoms with E-state index in [4.69, 9.17) is 49.1 Å². The van der Waals surface area contributed by atoms with Gasteiger partial charge in [-0.15, -0.1) is 0 Å². The molecule has 0 unspecified atom stereocenters. The maximum atomic E-state index is 11.9. The number of carbonyl (C=O) groups excluding carboxylic acids is 1. The van der Waals surface area contributed by atoms with Gasteiger partial charge in [0.2, 0.25) is 0 Å². The average molecular weight is 494 g/mol. The number of rotatable bonds is 9. The number of ether oxygens (including phenoxy) is 2. The number of oxime groups is 1. The third kappa shape index (κ3) is 7.05. The number of benzene rings is 3. The summed E-state index contributed by atoms with van der Waals surface area (Å²) in [6.45, 7) is 0.0405. The van der Waals surface area contributed by atoms with Crippen LogP contribution in [0, 0.1) is 0 Å². The Kier molecular flexibility index (Phi) is 8.62. The molecule has 1 amide bonds. The van der Waals surface area contributed by atoms with Gasteiger partial charge in [0.05, 0.1) is 18.3 Å². The van der Waals surface area contributed by atoms with E-state index in [-0.39, 0.29) is 12.5 Å². The lowest BCUT2D eigenvalue weighted by atomic mass is 10.2. The quantitative estimate of drug-likeness (QED) is 0.284. The first-order valence-corrected chi connectivity index (χ1v) is 10.5. The maximum Gasteiger partial charge on any atom is 0.265 e. The predicted molar refractivity (Wildman–Crippen MR) is 127 cm³/mol. The Balaban J connectivity index is 1.56. The van der Waals surface area contributed by atoms with Crippen molar-refractivity contribution in [3.05, 3.63) is 86.9 Å². The molecule has 0 saturated carbocycles. The third-order valence-corrected chi connectivity index (χ3v) is 4.93. The monoisotopic (exact) mass is 492 g/mol. The van der Waals surface area contributed by atoms with Gasteiger partial charge in [0, 0.05) is 21.3 Å². The molecule has 0 fully saturated rings. The van der Waals surface area contributed by atoms with E-state index >= 15 is 0 Å². The SMILES string of the molecule is COc1cc(C=NOCC(=O)Nc2ccc(Cl)cc2)cc(Cl)c1OCc1ccc(Cl)cc1. The standard InChI is InChI=1S/C23H19Cl3N2O4/c1-30-21-11-16(10-20(26)23(21)31-13-15-2-4-17(24)5-3-15)12-27-32-14-22(29)28-19-8-6-18(25)7-9-19/h2-12H,13-14H2,1H3,(H,28,29). The molecule has 3 rings (SSSR count). The third-order valence-electron chi connectivity index (χ3n) is 4.15. The topological polar surface area (TPSA) is 69.2 Å². The van der Waals surface area contributed by atoms with E-state index in [2.05, 4.69) is 10.5 Å². The highest BCUT2D eigenvalue weighted by Crippen LogP contribution is 2.36. The molecule has 0 heterocycles. The summed E-state index contributed by atoms with van der Waals surface area (Å²) >= 11 is 18.1. The fourth-order valence-corrected chi connectivity index (χ4v) is 3.14. The lowest BCUT2D eigenvalue weighted by molar-refractivity contribution is -0.120. The minimum Gasteiger partial charge on any atom is -0.493 e. The van der Waals surface area contributed by atoms with Crippen molar-refractivity contribution in [3.8, 4) is 11.5 Å². The number of methoxy groups -OCH3 is 1.